The first-order chi connectivity index (χ1) is 18.7. The summed E-state index contributed by atoms with van der Waals surface area (Å²) in [4.78, 5) is 8.89. The molecule has 3 heterocycles. The summed E-state index contributed by atoms with van der Waals surface area (Å²) in [5.41, 5.74) is 3.10. The van der Waals surface area contributed by atoms with Crippen molar-refractivity contribution in [3.8, 4) is 23.0 Å². The minimum absolute atomic E-state index is 0.0234. The number of hydrogen-bond acceptors (Lipinski definition) is 9. The largest absolute Gasteiger partial charge is 0.392 e. The van der Waals surface area contributed by atoms with Crippen LogP contribution in [0.15, 0.2) is 36.8 Å². The highest BCUT2D eigenvalue weighted by atomic mass is 35.5. The fourth-order valence-electron chi connectivity index (χ4n) is 5.12. The van der Waals surface area contributed by atoms with Gasteiger partial charge in [-0.1, -0.05) is 17.7 Å². The molecular weight excluding hydrogens is 540 g/mol. The van der Waals surface area contributed by atoms with Crippen LogP contribution in [0.5, 0.6) is 0 Å². The third-order valence-corrected chi connectivity index (χ3v) is 8.93. The smallest absolute Gasteiger partial charge is 0.223 e. The standard InChI is InChI=1S/C26H31ClN8O3S/c1-39(37,38)34-9-7-20(8-10-34)32-26-30-14-18(12-28)25(33-26)19-15-31-35(16-19)23-6-5-17(11-21(23)27)13-29-22-3-2-4-24(22)36/h5-6,11,14-16,20,22,24,29,36H,2-4,7-10,13H2,1H3,(H,30,32,33)/t22?,24-/m1/s1. The number of rotatable bonds is 8. The van der Waals surface area contributed by atoms with E-state index < -0.39 is 10.0 Å². The molecule has 2 aliphatic rings. The third-order valence-electron chi connectivity index (χ3n) is 7.33. The average Bonchev–Trinajstić information content (AvgIpc) is 3.56. The minimum atomic E-state index is -3.20. The quantitative estimate of drug-likeness (QED) is 0.371. The van der Waals surface area contributed by atoms with Gasteiger partial charge in [-0.2, -0.15) is 10.4 Å². The second kappa shape index (κ2) is 11.6. The Bertz CT molecular complexity index is 1480. The average molecular weight is 571 g/mol. The molecule has 13 heteroatoms. The lowest BCUT2D eigenvalue weighted by Crippen LogP contribution is -2.42. The molecular formula is C26H31ClN8O3S. The van der Waals surface area contributed by atoms with Gasteiger partial charge in [-0.15, -0.1) is 0 Å². The van der Waals surface area contributed by atoms with Gasteiger partial charge in [-0.05, 0) is 49.8 Å². The van der Waals surface area contributed by atoms with Crippen LogP contribution in [-0.2, 0) is 16.6 Å². The van der Waals surface area contributed by atoms with E-state index in [1.807, 2.05) is 18.2 Å². The first kappa shape index (κ1) is 27.5. The zero-order valence-corrected chi connectivity index (χ0v) is 23.2. The molecule has 0 spiro atoms. The molecule has 1 aliphatic heterocycles. The number of benzene rings is 1. The van der Waals surface area contributed by atoms with Crippen molar-refractivity contribution >= 4 is 27.6 Å². The SMILES string of the molecule is CS(=O)(=O)N1CCC(Nc2ncc(C#N)c(-c3cnn(-c4ccc(CNC5CCC[C@H]5O)cc4Cl)c3)n2)CC1. The number of sulfonamides is 1. The van der Waals surface area contributed by atoms with Gasteiger partial charge in [0.05, 0.1) is 46.7 Å². The number of hydrogen-bond donors (Lipinski definition) is 3. The number of nitriles is 1. The number of halogens is 1. The van der Waals surface area contributed by atoms with Gasteiger partial charge in [-0.3, -0.25) is 0 Å². The van der Waals surface area contributed by atoms with Gasteiger partial charge in [0.2, 0.25) is 16.0 Å². The zero-order chi connectivity index (χ0) is 27.6. The normalized spacial score (nSPS) is 20.7. The van der Waals surface area contributed by atoms with Crippen LogP contribution in [0.2, 0.25) is 5.02 Å². The van der Waals surface area contributed by atoms with E-state index in [1.54, 1.807) is 17.1 Å². The molecule has 1 aliphatic carbocycles. The number of nitrogens with zero attached hydrogens (tertiary/aromatic N) is 6. The number of aliphatic hydroxyl groups excluding tert-OH is 1. The summed E-state index contributed by atoms with van der Waals surface area (Å²) in [7, 11) is -3.20. The van der Waals surface area contributed by atoms with E-state index in [2.05, 4.69) is 31.8 Å². The summed E-state index contributed by atoms with van der Waals surface area (Å²) in [6.45, 7) is 1.48. The first-order valence-electron chi connectivity index (χ1n) is 13.0. The molecule has 1 saturated carbocycles. The van der Waals surface area contributed by atoms with Crippen LogP contribution in [0, 0.1) is 11.3 Å². The van der Waals surface area contributed by atoms with E-state index in [0.717, 1.165) is 24.8 Å². The Morgan fingerprint density at radius 1 is 1.21 bits per heavy atom. The molecule has 1 saturated heterocycles. The molecule has 3 aromatic rings. The lowest BCUT2D eigenvalue weighted by atomic mass is 10.1. The van der Waals surface area contributed by atoms with Crippen molar-refractivity contribution in [3.63, 3.8) is 0 Å². The van der Waals surface area contributed by atoms with Crippen LogP contribution in [0.25, 0.3) is 16.9 Å². The third kappa shape index (κ3) is 6.40. The molecule has 3 N–H and O–H groups in total. The Labute approximate surface area is 232 Å². The van der Waals surface area contributed by atoms with Gasteiger partial charge < -0.3 is 15.7 Å². The molecule has 0 radical (unpaired) electrons. The molecule has 1 aromatic carbocycles. The van der Waals surface area contributed by atoms with E-state index >= 15 is 0 Å². The lowest BCUT2D eigenvalue weighted by Gasteiger charge is -2.30. The summed E-state index contributed by atoms with van der Waals surface area (Å²) < 4.78 is 26.7. The second-order valence-corrected chi connectivity index (χ2v) is 12.5. The summed E-state index contributed by atoms with van der Waals surface area (Å²) in [5.74, 6) is 0.372. The first-order valence-corrected chi connectivity index (χ1v) is 15.2. The van der Waals surface area contributed by atoms with E-state index in [4.69, 9.17) is 11.6 Å². The maximum absolute atomic E-state index is 11.8. The molecule has 0 bridgehead atoms. The highest BCUT2D eigenvalue weighted by Crippen LogP contribution is 2.27. The van der Waals surface area contributed by atoms with Crippen molar-refractivity contribution in [2.24, 2.45) is 0 Å². The van der Waals surface area contributed by atoms with Crippen LogP contribution in [0.4, 0.5) is 5.95 Å². The molecule has 2 atom stereocenters. The Kier molecular flexibility index (Phi) is 8.16. The van der Waals surface area contributed by atoms with Crippen LogP contribution in [-0.4, -0.2) is 75.1 Å². The minimum Gasteiger partial charge on any atom is -0.392 e. The monoisotopic (exact) mass is 570 g/mol. The predicted molar refractivity (Wildman–Crippen MR) is 148 cm³/mol. The Balaban J connectivity index is 1.29. The summed E-state index contributed by atoms with van der Waals surface area (Å²) in [6, 6.07) is 8.02. The summed E-state index contributed by atoms with van der Waals surface area (Å²) in [5, 5.41) is 31.4. The van der Waals surface area contributed by atoms with Crippen molar-refractivity contribution < 1.29 is 13.5 Å². The molecule has 11 nitrogen and oxygen atoms in total. The van der Waals surface area contributed by atoms with Crippen LogP contribution in [0.1, 0.15) is 43.2 Å². The predicted octanol–water partition coefficient (Wildman–Crippen LogP) is 2.69. The highest BCUT2D eigenvalue weighted by molar-refractivity contribution is 7.88. The lowest BCUT2D eigenvalue weighted by molar-refractivity contribution is 0.148. The van der Waals surface area contributed by atoms with Gasteiger partial charge in [-0.25, -0.2) is 27.4 Å². The fraction of sp³-hybridized carbons (Fsp3) is 0.462. The van der Waals surface area contributed by atoms with Gasteiger partial charge >= 0.3 is 0 Å². The summed E-state index contributed by atoms with van der Waals surface area (Å²) >= 11 is 6.61. The second-order valence-electron chi connectivity index (χ2n) is 10.1. The Hall–Kier alpha value is -3.08. The maximum Gasteiger partial charge on any atom is 0.223 e. The Morgan fingerprint density at radius 3 is 2.67 bits per heavy atom. The van der Waals surface area contributed by atoms with Gasteiger partial charge in [0.1, 0.15) is 6.07 Å². The number of anilines is 1. The van der Waals surface area contributed by atoms with Gasteiger partial charge in [0.15, 0.2) is 0 Å². The van der Waals surface area contributed by atoms with Crippen molar-refractivity contribution in [2.45, 2.75) is 56.8 Å². The number of aliphatic hydroxyl groups is 1. The molecule has 39 heavy (non-hydrogen) atoms. The van der Waals surface area contributed by atoms with E-state index in [0.29, 0.717) is 66.0 Å². The Morgan fingerprint density at radius 2 is 2.00 bits per heavy atom. The van der Waals surface area contributed by atoms with Crippen LogP contribution in [0.3, 0.4) is 0 Å². The fourth-order valence-corrected chi connectivity index (χ4v) is 6.28. The van der Waals surface area contributed by atoms with Crippen LogP contribution < -0.4 is 10.6 Å². The topological polar surface area (TPSA) is 149 Å². The van der Waals surface area contributed by atoms with E-state index in [-0.39, 0.29) is 18.2 Å². The number of aromatic nitrogens is 4. The molecule has 0 amide bonds. The molecule has 5 rings (SSSR count). The van der Waals surface area contributed by atoms with Crippen LogP contribution >= 0.6 is 11.6 Å². The molecule has 1 unspecified atom stereocenters. The van der Waals surface area contributed by atoms with Gasteiger partial charge in [0, 0.05) is 43.5 Å². The summed E-state index contributed by atoms with van der Waals surface area (Å²) in [6.07, 6.45) is 9.90. The van der Waals surface area contributed by atoms with Gasteiger partial charge in [0.25, 0.3) is 0 Å². The zero-order valence-electron chi connectivity index (χ0n) is 21.6. The van der Waals surface area contributed by atoms with Crippen molar-refractivity contribution in [1.82, 2.24) is 29.4 Å². The van der Waals surface area contributed by atoms with E-state index in [9.17, 15) is 18.8 Å². The number of nitrogens with one attached hydrogen (secondary N) is 2. The van der Waals surface area contributed by atoms with Crippen molar-refractivity contribution in [3.05, 3.63) is 52.9 Å². The molecule has 2 aromatic heterocycles. The van der Waals surface area contributed by atoms with Crippen molar-refractivity contribution in [1.29, 1.82) is 5.26 Å². The molecule has 206 valence electrons. The number of piperidine rings is 1. The highest BCUT2D eigenvalue weighted by Gasteiger charge is 2.26. The van der Waals surface area contributed by atoms with Crippen molar-refractivity contribution in [2.75, 3.05) is 24.7 Å². The van der Waals surface area contributed by atoms with E-state index in [1.165, 1.54) is 16.8 Å². The maximum atomic E-state index is 11.8. The molecule has 2 fully saturated rings.